The van der Waals surface area contributed by atoms with E-state index >= 15 is 0 Å². The molecule has 118 valence electrons. The molecule has 5 nitrogen and oxygen atoms in total. The van der Waals surface area contributed by atoms with Crippen LogP contribution < -0.4 is 10.1 Å². The highest BCUT2D eigenvalue weighted by atomic mass is 16.5. The zero-order valence-corrected chi connectivity index (χ0v) is 13.5. The second-order valence-corrected chi connectivity index (χ2v) is 5.33. The van der Waals surface area contributed by atoms with Crippen LogP contribution in [0.15, 0.2) is 42.5 Å². The van der Waals surface area contributed by atoms with E-state index in [-0.39, 0.29) is 5.91 Å². The summed E-state index contributed by atoms with van der Waals surface area (Å²) in [4.78, 5) is 12.5. The molecule has 0 spiro atoms. The lowest BCUT2D eigenvalue weighted by atomic mass is 10.1. The summed E-state index contributed by atoms with van der Waals surface area (Å²) in [6, 6.07) is 13.3. The summed E-state index contributed by atoms with van der Waals surface area (Å²) in [5, 5.41) is 8.24. The molecule has 0 saturated heterocycles. The molecule has 0 atom stereocenters. The third-order valence-corrected chi connectivity index (χ3v) is 3.88. The van der Waals surface area contributed by atoms with Gasteiger partial charge in [0.15, 0.2) is 0 Å². The van der Waals surface area contributed by atoms with Gasteiger partial charge in [0.05, 0.1) is 18.0 Å². The molecule has 0 aliphatic heterocycles. The second kappa shape index (κ2) is 6.12. The Bertz CT molecular complexity index is 868. The van der Waals surface area contributed by atoms with E-state index in [0.29, 0.717) is 11.4 Å². The van der Waals surface area contributed by atoms with E-state index in [2.05, 4.69) is 17.3 Å². The number of aryl methyl sites for hydroxylation is 2. The number of hydrogen-bond donors (Lipinski definition) is 1. The fourth-order valence-electron chi connectivity index (χ4n) is 2.70. The number of anilines is 1. The number of carbonyl (C=O) groups is 1. The van der Waals surface area contributed by atoms with Crippen LogP contribution >= 0.6 is 0 Å². The van der Waals surface area contributed by atoms with Crippen LogP contribution in [0.25, 0.3) is 10.9 Å². The molecule has 3 aromatic rings. The lowest BCUT2D eigenvalue weighted by Crippen LogP contribution is -2.13. The van der Waals surface area contributed by atoms with Crippen LogP contribution in [0.2, 0.25) is 0 Å². The van der Waals surface area contributed by atoms with E-state index in [4.69, 9.17) is 4.74 Å². The molecule has 3 rings (SSSR count). The quantitative estimate of drug-likeness (QED) is 0.803. The van der Waals surface area contributed by atoms with E-state index in [1.807, 2.05) is 37.4 Å². The topological polar surface area (TPSA) is 56.1 Å². The van der Waals surface area contributed by atoms with Gasteiger partial charge in [-0.05, 0) is 36.2 Å². The smallest absolute Gasteiger partial charge is 0.255 e. The Balaban J connectivity index is 1.92. The van der Waals surface area contributed by atoms with Crippen molar-refractivity contribution in [1.29, 1.82) is 0 Å². The van der Waals surface area contributed by atoms with Crippen LogP contribution in [0.1, 0.15) is 22.8 Å². The Morgan fingerprint density at radius 1 is 1.26 bits per heavy atom. The van der Waals surface area contributed by atoms with Crippen molar-refractivity contribution in [2.75, 3.05) is 12.4 Å². The molecule has 0 saturated carbocycles. The predicted molar refractivity (Wildman–Crippen MR) is 91.0 cm³/mol. The van der Waals surface area contributed by atoms with Crippen molar-refractivity contribution in [2.45, 2.75) is 13.3 Å². The monoisotopic (exact) mass is 309 g/mol. The molecule has 0 aliphatic carbocycles. The average molecular weight is 309 g/mol. The molecule has 0 fully saturated rings. The van der Waals surface area contributed by atoms with Crippen LogP contribution in [0.5, 0.6) is 5.88 Å². The van der Waals surface area contributed by atoms with Crippen LogP contribution in [0.3, 0.4) is 0 Å². The number of fused-ring (bicyclic) bond motifs is 1. The number of rotatable bonds is 4. The minimum Gasteiger partial charge on any atom is -0.481 e. The fraction of sp³-hybridized carbons (Fsp3) is 0.222. The van der Waals surface area contributed by atoms with Gasteiger partial charge in [-0.3, -0.25) is 4.79 Å². The number of nitrogens with zero attached hydrogens (tertiary/aromatic N) is 2. The average Bonchev–Trinajstić information content (AvgIpc) is 2.89. The summed E-state index contributed by atoms with van der Waals surface area (Å²) in [6.07, 6.45) is 0.868. The van der Waals surface area contributed by atoms with Gasteiger partial charge in [-0.15, -0.1) is 0 Å². The van der Waals surface area contributed by atoms with Crippen molar-refractivity contribution in [3.63, 3.8) is 0 Å². The minimum absolute atomic E-state index is 0.141. The van der Waals surface area contributed by atoms with Gasteiger partial charge in [0.25, 0.3) is 5.91 Å². The summed E-state index contributed by atoms with van der Waals surface area (Å²) >= 11 is 0. The largest absolute Gasteiger partial charge is 0.481 e. The number of ether oxygens (including phenoxy) is 1. The summed E-state index contributed by atoms with van der Waals surface area (Å²) in [5.74, 6) is 0.542. The maximum atomic E-state index is 12.5. The summed E-state index contributed by atoms with van der Waals surface area (Å²) in [7, 11) is 3.43. The van der Waals surface area contributed by atoms with Crippen molar-refractivity contribution < 1.29 is 9.53 Å². The van der Waals surface area contributed by atoms with Gasteiger partial charge < -0.3 is 10.1 Å². The second-order valence-electron chi connectivity index (χ2n) is 5.33. The number of carbonyl (C=O) groups excluding carboxylic acids is 1. The molecule has 2 aromatic carbocycles. The number of para-hydroxylation sites is 1. The Hall–Kier alpha value is -2.82. The number of nitrogens with one attached hydrogen (secondary N) is 1. The zero-order valence-electron chi connectivity index (χ0n) is 13.5. The van der Waals surface area contributed by atoms with Crippen LogP contribution in [0, 0.1) is 0 Å². The number of hydrogen-bond acceptors (Lipinski definition) is 3. The zero-order chi connectivity index (χ0) is 16.4. The maximum Gasteiger partial charge on any atom is 0.255 e. The van der Waals surface area contributed by atoms with Crippen molar-refractivity contribution in [1.82, 2.24) is 9.78 Å². The SMILES string of the molecule is CCc1ccccc1NC(=O)c1ccc2c(OC)n(C)nc2c1. The first-order valence-corrected chi connectivity index (χ1v) is 7.54. The number of aromatic nitrogens is 2. The number of methoxy groups -OCH3 is 1. The summed E-state index contributed by atoms with van der Waals surface area (Å²) < 4.78 is 6.99. The Kier molecular flexibility index (Phi) is 4.02. The van der Waals surface area contributed by atoms with Gasteiger partial charge in [0, 0.05) is 18.3 Å². The first kappa shape index (κ1) is 15.1. The van der Waals surface area contributed by atoms with Crippen molar-refractivity contribution in [3.05, 3.63) is 53.6 Å². The molecule has 0 radical (unpaired) electrons. The normalized spacial score (nSPS) is 10.7. The van der Waals surface area contributed by atoms with E-state index in [1.165, 1.54) is 0 Å². The standard InChI is InChI=1S/C18H19N3O2/c1-4-12-7-5-6-8-15(12)19-17(22)13-9-10-14-16(11-13)20-21(2)18(14)23-3/h5-11H,4H2,1-3H3,(H,19,22). The molecule has 0 unspecified atom stereocenters. The van der Waals surface area contributed by atoms with E-state index in [0.717, 1.165) is 28.6 Å². The van der Waals surface area contributed by atoms with Crippen LogP contribution in [-0.2, 0) is 13.5 Å². The van der Waals surface area contributed by atoms with E-state index in [9.17, 15) is 4.79 Å². The van der Waals surface area contributed by atoms with Crippen LogP contribution in [0.4, 0.5) is 5.69 Å². The molecule has 0 aliphatic rings. The van der Waals surface area contributed by atoms with Crippen molar-refractivity contribution in [2.24, 2.45) is 7.05 Å². The minimum atomic E-state index is -0.141. The Morgan fingerprint density at radius 2 is 2.04 bits per heavy atom. The Labute approximate surface area is 134 Å². The van der Waals surface area contributed by atoms with Crippen LogP contribution in [-0.4, -0.2) is 22.8 Å². The number of amides is 1. The predicted octanol–water partition coefficient (Wildman–Crippen LogP) is 3.40. The molecular formula is C18H19N3O2. The summed E-state index contributed by atoms with van der Waals surface area (Å²) in [6.45, 7) is 2.07. The third-order valence-electron chi connectivity index (χ3n) is 3.88. The molecule has 1 heterocycles. The molecule has 1 N–H and O–H groups in total. The first-order valence-electron chi connectivity index (χ1n) is 7.54. The van der Waals surface area contributed by atoms with Gasteiger partial charge in [-0.1, -0.05) is 25.1 Å². The lowest BCUT2D eigenvalue weighted by molar-refractivity contribution is 0.102. The molecule has 1 amide bonds. The van der Waals surface area contributed by atoms with Gasteiger partial charge in [0.1, 0.15) is 0 Å². The highest BCUT2D eigenvalue weighted by molar-refractivity contribution is 6.06. The van der Waals surface area contributed by atoms with Gasteiger partial charge in [-0.25, -0.2) is 4.68 Å². The lowest BCUT2D eigenvalue weighted by Gasteiger charge is -2.09. The fourth-order valence-corrected chi connectivity index (χ4v) is 2.70. The number of benzene rings is 2. The van der Waals surface area contributed by atoms with E-state index in [1.54, 1.807) is 23.9 Å². The van der Waals surface area contributed by atoms with Crippen molar-refractivity contribution >= 4 is 22.5 Å². The Morgan fingerprint density at radius 3 is 2.78 bits per heavy atom. The molecule has 5 heteroatoms. The summed E-state index contributed by atoms with van der Waals surface area (Å²) in [5.41, 5.74) is 3.27. The van der Waals surface area contributed by atoms with Gasteiger partial charge >= 0.3 is 0 Å². The van der Waals surface area contributed by atoms with E-state index < -0.39 is 0 Å². The molecule has 0 bridgehead atoms. The third kappa shape index (κ3) is 2.77. The van der Waals surface area contributed by atoms with Gasteiger partial charge in [-0.2, -0.15) is 5.10 Å². The first-order chi connectivity index (χ1) is 11.1. The van der Waals surface area contributed by atoms with Gasteiger partial charge in [0.2, 0.25) is 5.88 Å². The molecule has 1 aromatic heterocycles. The maximum absolute atomic E-state index is 12.5. The van der Waals surface area contributed by atoms with Crippen molar-refractivity contribution in [3.8, 4) is 5.88 Å². The molecular weight excluding hydrogens is 290 g/mol. The highest BCUT2D eigenvalue weighted by Gasteiger charge is 2.13. The molecule has 23 heavy (non-hydrogen) atoms. The highest BCUT2D eigenvalue weighted by Crippen LogP contribution is 2.26.